The highest BCUT2D eigenvalue weighted by atomic mass is 31.1. The summed E-state index contributed by atoms with van der Waals surface area (Å²) in [4.78, 5) is 12.5. The Morgan fingerprint density at radius 1 is 1.78 bits per heavy atom. The van der Waals surface area contributed by atoms with Crippen molar-refractivity contribution in [2.24, 2.45) is 4.99 Å². The van der Waals surface area contributed by atoms with Crippen LogP contribution in [0.3, 0.4) is 0 Å². The van der Waals surface area contributed by atoms with E-state index in [1.165, 1.54) is 0 Å². The minimum atomic E-state index is -2.38. The molecule has 0 radical (unpaired) electrons. The third-order valence-electron chi connectivity index (χ3n) is 1.38. The molecule has 3 nitrogen and oxygen atoms in total. The third kappa shape index (κ3) is 1.92. The van der Waals surface area contributed by atoms with Crippen molar-refractivity contribution in [1.82, 2.24) is 0 Å². The zero-order valence-electron chi connectivity index (χ0n) is 5.08. The molecule has 0 bridgehead atoms. The standard InChI is InChI=1S/C5H10NO2P/c7-9(8)5-3-1-2-4-6-5/h4-5,9H,1-3H2,(H,7,8). The van der Waals surface area contributed by atoms with Crippen molar-refractivity contribution in [2.45, 2.75) is 25.0 Å². The van der Waals surface area contributed by atoms with Gasteiger partial charge in [0.1, 0.15) is 5.78 Å². The maximum Gasteiger partial charge on any atom is 0.212 e. The highest BCUT2D eigenvalue weighted by Crippen LogP contribution is 2.29. The summed E-state index contributed by atoms with van der Waals surface area (Å²) in [5, 5.41) is 0. The minimum absolute atomic E-state index is 0.274. The molecule has 0 amide bonds. The second kappa shape index (κ2) is 3.14. The van der Waals surface area contributed by atoms with Crippen LogP contribution in [0.5, 0.6) is 0 Å². The Labute approximate surface area is 54.7 Å². The summed E-state index contributed by atoms with van der Waals surface area (Å²) >= 11 is 0. The summed E-state index contributed by atoms with van der Waals surface area (Å²) in [7, 11) is -2.38. The van der Waals surface area contributed by atoms with E-state index in [2.05, 4.69) is 4.99 Å². The Balaban J connectivity index is 2.50. The molecule has 1 rings (SSSR count). The van der Waals surface area contributed by atoms with Crippen LogP contribution in [-0.4, -0.2) is 16.9 Å². The third-order valence-corrected chi connectivity index (χ3v) is 2.39. The first-order chi connectivity index (χ1) is 4.30. The highest BCUT2D eigenvalue weighted by molar-refractivity contribution is 7.38. The molecule has 9 heavy (non-hydrogen) atoms. The average Bonchev–Trinajstić information content (AvgIpc) is 1.90. The first-order valence-electron chi connectivity index (χ1n) is 3.05. The molecule has 0 aromatic heterocycles. The van der Waals surface area contributed by atoms with E-state index in [-0.39, 0.29) is 5.78 Å². The molecule has 0 aromatic carbocycles. The summed E-state index contributed by atoms with van der Waals surface area (Å²) in [5.41, 5.74) is 0. The Bertz CT molecular complexity index is 146. The van der Waals surface area contributed by atoms with Crippen molar-refractivity contribution in [3.8, 4) is 0 Å². The van der Waals surface area contributed by atoms with E-state index in [1.54, 1.807) is 6.21 Å². The SMILES string of the molecule is O=[PH](O)C1CCCC=N1. The molecule has 1 N–H and O–H groups in total. The zero-order valence-corrected chi connectivity index (χ0v) is 6.08. The van der Waals surface area contributed by atoms with Gasteiger partial charge in [-0.2, -0.15) is 0 Å². The lowest BCUT2D eigenvalue weighted by Gasteiger charge is -2.10. The summed E-state index contributed by atoms with van der Waals surface area (Å²) in [5.74, 6) is -0.274. The van der Waals surface area contributed by atoms with Crippen LogP contribution in [0.15, 0.2) is 4.99 Å². The van der Waals surface area contributed by atoms with Gasteiger partial charge in [-0.3, -0.25) is 9.56 Å². The fourth-order valence-electron chi connectivity index (χ4n) is 0.866. The molecular weight excluding hydrogens is 137 g/mol. The van der Waals surface area contributed by atoms with Gasteiger partial charge in [0.15, 0.2) is 0 Å². The largest absolute Gasteiger partial charge is 0.345 e. The quantitative estimate of drug-likeness (QED) is 0.563. The smallest absolute Gasteiger partial charge is 0.212 e. The predicted molar refractivity (Wildman–Crippen MR) is 37.4 cm³/mol. The Morgan fingerprint density at radius 3 is 2.89 bits per heavy atom. The van der Waals surface area contributed by atoms with Crippen molar-refractivity contribution in [1.29, 1.82) is 0 Å². The van der Waals surface area contributed by atoms with Crippen molar-refractivity contribution >= 4 is 14.2 Å². The van der Waals surface area contributed by atoms with E-state index in [1.807, 2.05) is 0 Å². The van der Waals surface area contributed by atoms with Crippen molar-refractivity contribution in [3.05, 3.63) is 0 Å². The van der Waals surface area contributed by atoms with Gasteiger partial charge in [0.25, 0.3) is 0 Å². The first-order valence-corrected chi connectivity index (χ1v) is 4.48. The summed E-state index contributed by atoms with van der Waals surface area (Å²) in [6, 6.07) is 0. The highest BCUT2D eigenvalue weighted by Gasteiger charge is 2.13. The molecule has 1 aliphatic heterocycles. The molecule has 0 fully saturated rings. The molecule has 2 unspecified atom stereocenters. The van der Waals surface area contributed by atoms with E-state index in [4.69, 9.17) is 4.89 Å². The van der Waals surface area contributed by atoms with E-state index in [9.17, 15) is 4.57 Å². The molecule has 0 aliphatic carbocycles. The second-order valence-electron chi connectivity index (χ2n) is 2.12. The maximum atomic E-state index is 10.4. The molecule has 0 aromatic rings. The molecule has 4 heteroatoms. The molecule has 0 spiro atoms. The van der Waals surface area contributed by atoms with Gasteiger partial charge in [0.2, 0.25) is 8.03 Å². The van der Waals surface area contributed by atoms with Gasteiger partial charge in [-0.1, -0.05) is 0 Å². The van der Waals surface area contributed by atoms with Crippen molar-refractivity contribution < 1.29 is 9.46 Å². The maximum absolute atomic E-state index is 10.4. The van der Waals surface area contributed by atoms with Gasteiger partial charge >= 0.3 is 0 Å². The number of aliphatic imine (C=N–C) groups is 1. The summed E-state index contributed by atoms with van der Waals surface area (Å²) < 4.78 is 10.4. The molecule has 0 saturated carbocycles. The van der Waals surface area contributed by atoms with E-state index < -0.39 is 8.03 Å². The zero-order chi connectivity index (χ0) is 6.69. The Morgan fingerprint density at radius 2 is 2.56 bits per heavy atom. The normalized spacial score (nSPS) is 30.1. The lowest BCUT2D eigenvalue weighted by Crippen LogP contribution is -2.03. The van der Waals surface area contributed by atoms with Crippen LogP contribution in [-0.2, 0) is 4.57 Å². The Hall–Kier alpha value is -0.140. The van der Waals surface area contributed by atoms with Crippen LogP contribution in [0.4, 0.5) is 0 Å². The average molecular weight is 147 g/mol. The molecule has 2 atom stereocenters. The lowest BCUT2D eigenvalue weighted by atomic mass is 10.2. The monoisotopic (exact) mass is 147 g/mol. The van der Waals surface area contributed by atoms with Crippen molar-refractivity contribution in [3.63, 3.8) is 0 Å². The van der Waals surface area contributed by atoms with Gasteiger partial charge in [0.05, 0.1) is 0 Å². The van der Waals surface area contributed by atoms with Gasteiger partial charge in [-0.05, 0) is 25.5 Å². The van der Waals surface area contributed by atoms with Crippen LogP contribution in [0.1, 0.15) is 19.3 Å². The lowest BCUT2D eigenvalue weighted by molar-refractivity contribution is 0.481. The van der Waals surface area contributed by atoms with E-state index in [0.29, 0.717) is 0 Å². The second-order valence-corrected chi connectivity index (χ2v) is 3.46. The number of hydrogen-bond acceptors (Lipinski definition) is 2. The minimum Gasteiger partial charge on any atom is -0.345 e. The van der Waals surface area contributed by atoms with Crippen LogP contribution >= 0.6 is 8.03 Å². The number of rotatable bonds is 1. The van der Waals surface area contributed by atoms with E-state index in [0.717, 1.165) is 19.3 Å². The fourth-order valence-corrected chi connectivity index (χ4v) is 1.55. The molecular formula is C5H10NO2P. The summed E-state index contributed by atoms with van der Waals surface area (Å²) in [6.07, 6.45) is 4.49. The number of nitrogens with zero attached hydrogens (tertiary/aromatic N) is 1. The van der Waals surface area contributed by atoms with Crippen LogP contribution in [0, 0.1) is 0 Å². The topological polar surface area (TPSA) is 49.7 Å². The van der Waals surface area contributed by atoms with Crippen LogP contribution in [0.25, 0.3) is 0 Å². The molecule has 52 valence electrons. The summed E-state index contributed by atoms with van der Waals surface area (Å²) in [6.45, 7) is 0. The van der Waals surface area contributed by atoms with Gasteiger partial charge in [0, 0.05) is 0 Å². The molecule has 1 heterocycles. The molecule has 0 saturated heterocycles. The number of hydrogen-bond donors (Lipinski definition) is 1. The van der Waals surface area contributed by atoms with Gasteiger partial charge in [-0.25, -0.2) is 0 Å². The Kier molecular flexibility index (Phi) is 2.43. The van der Waals surface area contributed by atoms with Crippen molar-refractivity contribution in [2.75, 3.05) is 0 Å². The van der Waals surface area contributed by atoms with Crippen LogP contribution in [0.2, 0.25) is 0 Å². The van der Waals surface area contributed by atoms with E-state index >= 15 is 0 Å². The fraction of sp³-hybridized carbons (Fsp3) is 0.800. The van der Waals surface area contributed by atoms with Gasteiger partial charge in [-0.15, -0.1) is 0 Å². The first kappa shape index (κ1) is 6.97. The van der Waals surface area contributed by atoms with Crippen LogP contribution < -0.4 is 0 Å². The van der Waals surface area contributed by atoms with Gasteiger partial charge < -0.3 is 4.89 Å². The molecule has 1 aliphatic rings. The predicted octanol–water partition coefficient (Wildman–Crippen LogP) is 1.03.